The van der Waals surface area contributed by atoms with Crippen molar-refractivity contribution in [1.82, 2.24) is 39.5 Å². The lowest BCUT2D eigenvalue weighted by Crippen LogP contribution is -2.23. The van der Waals surface area contributed by atoms with Crippen molar-refractivity contribution in [3.63, 3.8) is 0 Å². The molecule has 0 saturated heterocycles. The second-order valence-corrected chi connectivity index (χ2v) is 6.24. The first kappa shape index (κ1) is 17.0. The normalized spacial score (nSPS) is 11.2. The summed E-state index contributed by atoms with van der Waals surface area (Å²) in [6, 6.07) is 5.43. The number of carbonyl (C=O) groups is 1. The molecule has 0 aliphatic rings. The summed E-state index contributed by atoms with van der Waals surface area (Å²) in [5, 5.41) is 15.9. The fourth-order valence-corrected chi connectivity index (χ4v) is 2.90. The van der Waals surface area contributed by atoms with Gasteiger partial charge in [-0.05, 0) is 26.0 Å². The van der Waals surface area contributed by atoms with Crippen molar-refractivity contribution in [2.75, 3.05) is 0 Å². The van der Waals surface area contributed by atoms with Crippen LogP contribution in [0.4, 0.5) is 0 Å². The third kappa shape index (κ3) is 3.07. The Hall–Kier alpha value is -3.49. The standard InChI is InChI=1S/C18H20N8O/c1-4-25-8-6-13(22-25)10-20-18(27)15-9-17-19-7-5-16(26(17)23-15)14-11-21-24(3)12(14)2/h5-9,11H,4,10H2,1-3H3,(H,20,27). The SMILES string of the molecule is CCn1ccc(CNC(=O)c2cc3nccc(-c4cnn(C)c4C)n3n2)n1. The first-order chi connectivity index (χ1) is 13.1. The fraction of sp³-hybridized carbons (Fsp3) is 0.278. The molecule has 0 spiro atoms. The van der Waals surface area contributed by atoms with E-state index in [1.807, 2.05) is 43.9 Å². The molecule has 1 N–H and O–H groups in total. The molecule has 0 aliphatic carbocycles. The number of nitrogens with zero attached hydrogens (tertiary/aromatic N) is 7. The van der Waals surface area contributed by atoms with Gasteiger partial charge in [-0.3, -0.25) is 14.2 Å². The van der Waals surface area contributed by atoms with Crippen molar-refractivity contribution in [3.05, 3.63) is 53.9 Å². The molecule has 138 valence electrons. The average molecular weight is 364 g/mol. The largest absolute Gasteiger partial charge is 0.345 e. The monoisotopic (exact) mass is 364 g/mol. The molecule has 1 amide bonds. The molecule has 0 aliphatic heterocycles. The number of hydrogen-bond acceptors (Lipinski definition) is 5. The van der Waals surface area contributed by atoms with Gasteiger partial charge in [0.15, 0.2) is 11.3 Å². The van der Waals surface area contributed by atoms with Gasteiger partial charge in [0.25, 0.3) is 5.91 Å². The number of rotatable bonds is 5. The Morgan fingerprint density at radius 2 is 2.11 bits per heavy atom. The van der Waals surface area contributed by atoms with E-state index < -0.39 is 0 Å². The minimum atomic E-state index is -0.264. The Morgan fingerprint density at radius 1 is 1.26 bits per heavy atom. The maximum atomic E-state index is 12.5. The highest BCUT2D eigenvalue weighted by molar-refractivity contribution is 5.93. The lowest BCUT2D eigenvalue weighted by Gasteiger charge is -2.03. The summed E-state index contributed by atoms with van der Waals surface area (Å²) in [6.07, 6.45) is 5.38. The summed E-state index contributed by atoms with van der Waals surface area (Å²) >= 11 is 0. The molecule has 0 fully saturated rings. The van der Waals surface area contributed by atoms with Gasteiger partial charge in [-0.15, -0.1) is 0 Å². The maximum Gasteiger partial charge on any atom is 0.272 e. The first-order valence-electron chi connectivity index (χ1n) is 8.71. The van der Waals surface area contributed by atoms with Crippen LogP contribution in [0, 0.1) is 6.92 Å². The number of amides is 1. The molecule has 0 atom stereocenters. The smallest absolute Gasteiger partial charge is 0.272 e. The quantitative estimate of drug-likeness (QED) is 0.580. The van der Waals surface area contributed by atoms with E-state index in [9.17, 15) is 4.79 Å². The summed E-state index contributed by atoms with van der Waals surface area (Å²) in [5.41, 5.74) is 4.52. The molecule has 9 nitrogen and oxygen atoms in total. The fourth-order valence-electron chi connectivity index (χ4n) is 2.90. The summed E-state index contributed by atoms with van der Waals surface area (Å²) in [6.45, 7) is 5.14. The van der Waals surface area contributed by atoms with Crippen LogP contribution in [0.15, 0.2) is 36.8 Å². The molecule has 4 aromatic heterocycles. The van der Waals surface area contributed by atoms with Crippen LogP contribution in [0.1, 0.15) is 28.8 Å². The number of carbonyl (C=O) groups excluding carboxylic acids is 1. The zero-order valence-electron chi connectivity index (χ0n) is 15.4. The molecule has 9 heteroatoms. The van der Waals surface area contributed by atoms with Crippen LogP contribution in [-0.4, -0.2) is 40.1 Å². The number of aryl methyl sites for hydroxylation is 2. The van der Waals surface area contributed by atoms with E-state index in [-0.39, 0.29) is 5.91 Å². The van der Waals surface area contributed by atoms with Gasteiger partial charge < -0.3 is 5.32 Å². The second-order valence-electron chi connectivity index (χ2n) is 6.24. The van der Waals surface area contributed by atoms with E-state index in [2.05, 4.69) is 25.6 Å². The lowest BCUT2D eigenvalue weighted by atomic mass is 10.2. The minimum Gasteiger partial charge on any atom is -0.345 e. The third-order valence-corrected chi connectivity index (χ3v) is 4.55. The molecule has 4 aromatic rings. The molecule has 0 bridgehead atoms. The Labute approximate surface area is 155 Å². The number of hydrogen-bond donors (Lipinski definition) is 1. The molecule has 0 aromatic carbocycles. The minimum absolute atomic E-state index is 0.264. The second kappa shape index (κ2) is 6.67. The van der Waals surface area contributed by atoms with Crippen LogP contribution in [-0.2, 0) is 20.1 Å². The zero-order valence-corrected chi connectivity index (χ0v) is 15.4. The molecule has 0 radical (unpaired) electrons. The Bertz CT molecular complexity index is 1120. The van der Waals surface area contributed by atoms with E-state index in [4.69, 9.17) is 0 Å². The summed E-state index contributed by atoms with van der Waals surface area (Å²) in [4.78, 5) is 16.8. The molecular weight excluding hydrogens is 344 g/mol. The van der Waals surface area contributed by atoms with Gasteiger partial charge in [0.05, 0.1) is 24.1 Å². The van der Waals surface area contributed by atoms with Gasteiger partial charge in [0.1, 0.15) is 0 Å². The van der Waals surface area contributed by atoms with Crippen LogP contribution < -0.4 is 5.32 Å². The number of nitrogens with one attached hydrogen (secondary N) is 1. The van der Waals surface area contributed by atoms with Gasteiger partial charge in [0, 0.05) is 43.3 Å². The number of aromatic nitrogens is 7. The first-order valence-corrected chi connectivity index (χ1v) is 8.71. The molecule has 4 heterocycles. The predicted molar refractivity (Wildman–Crippen MR) is 99.0 cm³/mol. The van der Waals surface area contributed by atoms with Gasteiger partial charge in [-0.2, -0.15) is 15.3 Å². The summed E-state index contributed by atoms with van der Waals surface area (Å²) in [7, 11) is 1.89. The van der Waals surface area contributed by atoms with E-state index in [0.717, 1.165) is 29.2 Å². The van der Waals surface area contributed by atoms with Gasteiger partial charge in [-0.25, -0.2) is 9.50 Å². The topological polar surface area (TPSA) is 94.9 Å². The van der Waals surface area contributed by atoms with Crippen molar-refractivity contribution in [2.24, 2.45) is 7.05 Å². The van der Waals surface area contributed by atoms with Crippen LogP contribution in [0.2, 0.25) is 0 Å². The Kier molecular flexibility index (Phi) is 4.19. The number of fused-ring (bicyclic) bond motifs is 1. The predicted octanol–water partition coefficient (Wildman–Crippen LogP) is 1.58. The van der Waals surface area contributed by atoms with Crippen molar-refractivity contribution in [1.29, 1.82) is 0 Å². The highest BCUT2D eigenvalue weighted by atomic mass is 16.1. The lowest BCUT2D eigenvalue weighted by molar-refractivity contribution is 0.0945. The molecule has 0 saturated carbocycles. The highest BCUT2D eigenvalue weighted by Gasteiger charge is 2.16. The average Bonchev–Trinajstić information content (AvgIpc) is 3.39. The van der Waals surface area contributed by atoms with Gasteiger partial charge in [-0.1, -0.05) is 0 Å². The molecular formula is C18H20N8O. The van der Waals surface area contributed by atoms with Crippen LogP contribution >= 0.6 is 0 Å². The van der Waals surface area contributed by atoms with Crippen molar-refractivity contribution < 1.29 is 4.79 Å². The highest BCUT2D eigenvalue weighted by Crippen LogP contribution is 2.23. The van der Waals surface area contributed by atoms with E-state index in [1.165, 1.54) is 0 Å². The summed E-state index contributed by atoms with van der Waals surface area (Å²) in [5.74, 6) is -0.264. The molecule has 4 rings (SSSR count). The van der Waals surface area contributed by atoms with E-state index in [1.54, 1.807) is 27.7 Å². The summed E-state index contributed by atoms with van der Waals surface area (Å²) < 4.78 is 5.29. The Balaban J connectivity index is 1.60. The zero-order chi connectivity index (χ0) is 19.0. The molecule has 0 unspecified atom stereocenters. The molecule has 27 heavy (non-hydrogen) atoms. The van der Waals surface area contributed by atoms with Crippen LogP contribution in [0.3, 0.4) is 0 Å². The van der Waals surface area contributed by atoms with Crippen molar-refractivity contribution >= 4 is 11.6 Å². The maximum absolute atomic E-state index is 12.5. The van der Waals surface area contributed by atoms with E-state index in [0.29, 0.717) is 17.9 Å². The van der Waals surface area contributed by atoms with Crippen LogP contribution in [0.5, 0.6) is 0 Å². The van der Waals surface area contributed by atoms with Crippen molar-refractivity contribution in [3.8, 4) is 11.3 Å². The van der Waals surface area contributed by atoms with Crippen molar-refractivity contribution in [2.45, 2.75) is 26.9 Å². The Morgan fingerprint density at radius 3 is 2.81 bits per heavy atom. The van der Waals surface area contributed by atoms with Gasteiger partial charge >= 0.3 is 0 Å². The van der Waals surface area contributed by atoms with Crippen LogP contribution in [0.25, 0.3) is 16.9 Å². The van der Waals surface area contributed by atoms with E-state index >= 15 is 0 Å². The third-order valence-electron chi connectivity index (χ3n) is 4.55. The van der Waals surface area contributed by atoms with Gasteiger partial charge in [0.2, 0.25) is 0 Å².